The van der Waals surface area contributed by atoms with E-state index in [2.05, 4.69) is 34.6 Å². The fraction of sp³-hybridized carbons (Fsp3) is 0.717. The second-order valence-corrected chi connectivity index (χ2v) is 20.5. The molecular formula is C46H66N2O7. The van der Waals surface area contributed by atoms with Crippen LogP contribution in [-0.4, -0.2) is 57.6 Å². The molecule has 0 bridgehead atoms. The Labute approximate surface area is 328 Å². The van der Waals surface area contributed by atoms with E-state index in [0.717, 1.165) is 42.4 Å². The van der Waals surface area contributed by atoms with Crippen LogP contribution < -0.4 is 5.73 Å². The number of nitrogens with zero attached hydrogens (tertiary/aromatic N) is 1. The maximum Gasteiger partial charge on any atom is 0.309 e. The Bertz CT molecular complexity index is 1800. The smallest absolute Gasteiger partial charge is 0.309 e. The summed E-state index contributed by atoms with van der Waals surface area (Å²) in [5.41, 5.74) is 6.45. The highest BCUT2D eigenvalue weighted by Gasteiger charge is 2.74. The van der Waals surface area contributed by atoms with E-state index in [0.29, 0.717) is 38.1 Å². The van der Waals surface area contributed by atoms with Crippen LogP contribution in [0.25, 0.3) is 0 Å². The number of ketones is 2. The number of ether oxygens (including phenoxy) is 1. The molecular weight excluding hydrogens is 693 g/mol. The summed E-state index contributed by atoms with van der Waals surface area (Å²) in [7, 11) is 0. The number of carbonyl (C=O) groups is 5. The average molecular weight is 759 g/mol. The Hall–Kier alpha value is -3.33. The molecule has 55 heavy (non-hydrogen) atoms. The summed E-state index contributed by atoms with van der Waals surface area (Å²) in [4.78, 5) is 68.6. The molecule has 0 heterocycles. The quantitative estimate of drug-likeness (QED) is 0.228. The van der Waals surface area contributed by atoms with Crippen LogP contribution in [0.2, 0.25) is 0 Å². The average Bonchev–Trinajstić information content (AvgIpc) is 3.41. The number of carboxylic acid groups (broad SMARTS) is 1. The van der Waals surface area contributed by atoms with Crippen LogP contribution in [0.3, 0.4) is 0 Å². The lowest BCUT2D eigenvalue weighted by Gasteiger charge is -2.74. The van der Waals surface area contributed by atoms with Crippen molar-refractivity contribution in [1.29, 1.82) is 0 Å². The molecule has 0 saturated heterocycles. The van der Waals surface area contributed by atoms with Crippen molar-refractivity contribution < 1.29 is 33.8 Å². The van der Waals surface area contributed by atoms with Gasteiger partial charge >= 0.3 is 11.9 Å². The molecule has 1 amide bonds. The van der Waals surface area contributed by atoms with Gasteiger partial charge in [-0.1, -0.05) is 78.8 Å². The molecule has 8 atom stereocenters. The van der Waals surface area contributed by atoms with Gasteiger partial charge in [0.1, 0.15) is 6.10 Å². The van der Waals surface area contributed by atoms with Crippen molar-refractivity contribution in [3.05, 3.63) is 47.0 Å². The topological polar surface area (TPSA) is 144 Å². The van der Waals surface area contributed by atoms with Gasteiger partial charge in [-0.05, 0) is 116 Å². The van der Waals surface area contributed by atoms with E-state index in [1.807, 2.05) is 44.2 Å². The minimum atomic E-state index is -1.20. The minimum absolute atomic E-state index is 0.0224. The standard InChI is InChI=1S/C46H66N2O7/c1-28(2)37-31(50)24-45(34(51)27-48(29(3)49)26-30-14-12-11-13-15-30)23-22-44(10)43(9)20-16-32-41(6,7)35(55-36(52)25-40(4,5)39(53)54)18-19-42(32,8)33(43)17-21-46(44,47)38(37)45/h11-15,28,32-33,35H,16-27,47H2,1-10H3,(H,53,54). The summed E-state index contributed by atoms with van der Waals surface area (Å²) in [6.45, 7) is 20.6. The molecule has 5 aliphatic carbocycles. The molecule has 0 spiro atoms. The third kappa shape index (κ3) is 6.15. The van der Waals surface area contributed by atoms with E-state index in [-0.39, 0.29) is 71.0 Å². The number of Topliss-reactive ketones (excluding diaryl/α,β-unsaturated/α-hetero) is 2. The fourth-order valence-corrected chi connectivity index (χ4v) is 13.3. The normalized spacial score (nSPS) is 36.7. The van der Waals surface area contributed by atoms with Gasteiger partial charge in [-0.2, -0.15) is 0 Å². The largest absolute Gasteiger partial charge is 0.481 e. The van der Waals surface area contributed by atoms with Crippen LogP contribution in [0.4, 0.5) is 0 Å². The Kier molecular flexibility index (Phi) is 10.3. The van der Waals surface area contributed by atoms with Gasteiger partial charge in [-0.25, -0.2) is 0 Å². The number of esters is 1. The molecule has 302 valence electrons. The SMILES string of the molecule is CC(=O)N(CC(=O)C12CCC3(C)C(N)(CCC4C5(C)CCC(OC(=O)CC(C)(C)C(=O)O)C(C)(C)C5CCC43C)C1=C(C(C)C)C(=O)C2)Cc1ccccc1. The van der Waals surface area contributed by atoms with Gasteiger partial charge in [-0.3, -0.25) is 24.0 Å². The zero-order valence-electron chi connectivity index (χ0n) is 35.1. The Morgan fingerprint density at radius 3 is 2.16 bits per heavy atom. The zero-order chi connectivity index (χ0) is 40.7. The molecule has 0 aromatic heterocycles. The molecule has 5 aliphatic rings. The first-order chi connectivity index (χ1) is 25.4. The molecule has 8 unspecified atom stereocenters. The number of nitrogens with two attached hydrogens (primary N) is 1. The zero-order valence-corrected chi connectivity index (χ0v) is 35.1. The number of fused-ring (bicyclic) bond motifs is 7. The third-order valence-electron chi connectivity index (χ3n) is 16.6. The number of benzene rings is 1. The van der Waals surface area contributed by atoms with E-state index in [9.17, 15) is 29.1 Å². The first-order valence-electron chi connectivity index (χ1n) is 20.7. The second kappa shape index (κ2) is 13.7. The number of carbonyl (C=O) groups excluding carboxylic acids is 4. The van der Waals surface area contributed by atoms with Gasteiger partial charge in [0.25, 0.3) is 0 Å². The second-order valence-electron chi connectivity index (χ2n) is 20.5. The van der Waals surface area contributed by atoms with Crippen LogP contribution in [0.5, 0.6) is 0 Å². The van der Waals surface area contributed by atoms with Crippen molar-refractivity contribution in [2.45, 2.75) is 152 Å². The molecule has 0 aliphatic heterocycles. The summed E-state index contributed by atoms with van der Waals surface area (Å²) < 4.78 is 6.15. The summed E-state index contributed by atoms with van der Waals surface area (Å²) in [6.07, 6.45) is 5.89. The Morgan fingerprint density at radius 1 is 0.927 bits per heavy atom. The van der Waals surface area contributed by atoms with Crippen molar-refractivity contribution in [1.82, 2.24) is 4.90 Å². The summed E-state index contributed by atoms with van der Waals surface area (Å²) in [5.74, 6) is -1.20. The maximum absolute atomic E-state index is 14.9. The molecule has 9 nitrogen and oxygen atoms in total. The van der Waals surface area contributed by atoms with Gasteiger partial charge in [0.15, 0.2) is 11.6 Å². The van der Waals surface area contributed by atoms with E-state index in [4.69, 9.17) is 10.5 Å². The van der Waals surface area contributed by atoms with Crippen LogP contribution in [0, 0.1) is 50.2 Å². The number of hydrogen-bond donors (Lipinski definition) is 2. The van der Waals surface area contributed by atoms with Crippen molar-refractivity contribution in [3.63, 3.8) is 0 Å². The van der Waals surface area contributed by atoms with Gasteiger partial charge in [-0.15, -0.1) is 0 Å². The molecule has 0 radical (unpaired) electrons. The minimum Gasteiger partial charge on any atom is -0.481 e. The highest BCUT2D eigenvalue weighted by atomic mass is 16.5. The number of rotatable bonds is 10. The van der Waals surface area contributed by atoms with Gasteiger partial charge < -0.3 is 20.5 Å². The van der Waals surface area contributed by atoms with Crippen LogP contribution in [-0.2, 0) is 35.3 Å². The van der Waals surface area contributed by atoms with Crippen molar-refractivity contribution >= 4 is 29.4 Å². The number of hydrogen-bond acceptors (Lipinski definition) is 7. The Morgan fingerprint density at radius 2 is 1.56 bits per heavy atom. The van der Waals surface area contributed by atoms with Crippen LogP contribution in [0.1, 0.15) is 139 Å². The lowest BCUT2D eigenvalue weighted by molar-refractivity contribution is -0.236. The number of amides is 1. The number of carboxylic acids is 1. The molecule has 3 N–H and O–H groups in total. The molecule has 6 rings (SSSR count). The fourth-order valence-electron chi connectivity index (χ4n) is 13.3. The molecule has 1 aromatic rings. The first-order valence-corrected chi connectivity index (χ1v) is 20.7. The summed E-state index contributed by atoms with van der Waals surface area (Å²) in [5, 5.41) is 9.63. The number of allylic oxidation sites excluding steroid dienone is 1. The number of aliphatic carboxylic acids is 1. The highest BCUT2D eigenvalue weighted by molar-refractivity contribution is 6.08. The lowest BCUT2D eigenvalue weighted by atomic mass is 9.31. The first kappa shape index (κ1) is 41.3. The van der Waals surface area contributed by atoms with Crippen LogP contribution in [0.15, 0.2) is 41.5 Å². The maximum atomic E-state index is 14.9. The lowest BCUT2D eigenvalue weighted by Crippen LogP contribution is -2.74. The van der Waals surface area contributed by atoms with Crippen molar-refractivity contribution in [3.8, 4) is 0 Å². The van der Waals surface area contributed by atoms with Gasteiger partial charge in [0.2, 0.25) is 5.91 Å². The van der Waals surface area contributed by atoms with Gasteiger partial charge in [0.05, 0.1) is 23.8 Å². The molecule has 4 saturated carbocycles. The third-order valence-corrected chi connectivity index (χ3v) is 16.6. The monoisotopic (exact) mass is 758 g/mol. The summed E-state index contributed by atoms with van der Waals surface area (Å²) >= 11 is 0. The van der Waals surface area contributed by atoms with E-state index >= 15 is 0 Å². The highest BCUT2D eigenvalue weighted by Crippen LogP contribution is 2.77. The summed E-state index contributed by atoms with van der Waals surface area (Å²) in [6, 6.07) is 9.70. The predicted octanol–water partition coefficient (Wildman–Crippen LogP) is 8.08. The van der Waals surface area contributed by atoms with E-state index in [1.165, 1.54) is 6.92 Å². The molecule has 9 heteroatoms. The van der Waals surface area contributed by atoms with Crippen molar-refractivity contribution in [2.75, 3.05) is 6.54 Å². The van der Waals surface area contributed by atoms with Crippen LogP contribution >= 0.6 is 0 Å². The van der Waals surface area contributed by atoms with Crippen molar-refractivity contribution in [2.24, 2.45) is 56.0 Å². The predicted molar refractivity (Wildman–Crippen MR) is 211 cm³/mol. The van der Waals surface area contributed by atoms with E-state index < -0.39 is 33.7 Å². The Balaban J connectivity index is 1.33. The molecule has 4 fully saturated rings. The van der Waals surface area contributed by atoms with Gasteiger partial charge in [0, 0.05) is 30.8 Å². The van der Waals surface area contributed by atoms with E-state index in [1.54, 1.807) is 18.7 Å². The molecule has 1 aromatic carbocycles.